The van der Waals surface area contributed by atoms with E-state index in [1.54, 1.807) is 0 Å². The normalized spacial score (nSPS) is 23.6. The van der Waals surface area contributed by atoms with E-state index in [-0.39, 0.29) is 6.42 Å². The molecule has 114 valence electrons. The average Bonchev–Trinajstić information content (AvgIpc) is 2.90. The fourth-order valence-electron chi connectivity index (χ4n) is 3.30. The number of aromatic amines is 1. The van der Waals surface area contributed by atoms with Gasteiger partial charge in [0.1, 0.15) is 5.82 Å². The molecule has 2 unspecified atom stereocenters. The van der Waals surface area contributed by atoms with Gasteiger partial charge in [0.05, 0.1) is 17.0 Å². The molecule has 3 rings (SSSR count). The Hall–Kier alpha value is -1.56. The van der Waals surface area contributed by atoms with Crippen LogP contribution in [-0.4, -0.2) is 16.1 Å². The molecule has 3 N–H and O–H groups in total. The number of halogens is 3. The zero-order valence-electron chi connectivity index (χ0n) is 11.6. The van der Waals surface area contributed by atoms with Crippen LogP contribution < -0.4 is 5.73 Å². The van der Waals surface area contributed by atoms with E-state index in [4.69, 9.17) is 5.73 Å². The number of H-pyrrole nitrogens is 1. The fourth-order valence-corrected chi connectivity index (χ4v) is 3.30. The molecule has 1 heterocycles. The number of imidazole rings is 1. The van der Waals surface area contributed by atoms with Crippen LogP contribution in [0.4, 0.5) is 13.2 Å². The molecule has 1 aliphatic rings. The van der Waals surface area contributed by atoms with E-state index >= 15 is 0 Å². The van der Waals surface area contributed by atoms with Crippen molar-refractivity contribution in [1.82, 2.24) is 9.97 Å². The number of benzene rings is 1. The smallest absolute Gasteiger partial charge is 0.342 e. The molecule has 0 bridgehead atoms. The highest BCUT2D eigenvalue weighted by atomic mass is 19.4. The molecule has 0 amide bonds. The highest BCUT2D eigenvalue weighted by molar-refractivity contribution is 5.78. The lowest BCUT2D eigenvalue weighted by molar-refractivity contribution is -0.187. The number of nitrogens with two attached hydrogens (primary N) is 1. The van der Waals surface area contributed by atoms with Gasteiger partial charge in [-0.3, -0.25) is 0 Å². The van der Waals surface area contributed by atoms with Crippen molar-refractivity contribution in [3.8, 4) is 0 Å². The van der Waals surface area contributed by atoms with Crippen molar-refractivity contribution in [3.63, 3.8) is 0 Å². The summed E-state index contributed by atoms with van der Waals surface area (Å²) >= 11 is 0. The Bertz CT molecular complexity index is 633. The quantitative estimate of drug-likeness (QED) is 0.884. The third kappa shape index (κ3) is 2.64. The van der Waals surface area contributed by atoms with Crippen LogP contribution in [-0.2, 0) is 6.54 Å². The van der Waals surface area contributed by atoms with E-state index in [0.29, 0.717) is 30.7 Å². The molecule has 1 aromatic carbocycles. The van der Waals surface area contributed by atoms with Crippen LogP contribution in [0.3, 0.4) is 0 Å². The van der Waals surface area contributed by atoms with Crippen LogP contribution in [0.25, 0.3) is 11.0 Å². The minimum Gasteiger partial charge on any atom is -0.342 e. The molecule has 0 spiro atoms. The van der Waals surface area contributed by atoms with Crippen molar-refractivity contribution < 1.29 is 13.2 Å². The molecule has 1 aromatic heterocycles. The largest absolute Gasteiger partial charge is 0.392 e. The van der Waals surface area contributed by atoms with Gasteiger partial charge in [-0.25, -0.2) is 4.98 Å². The van der Waals surface area contributed by atoms with Crippen LogP contribution in [0, 0.1) is 5.92 Å². The van der Waals surface area contributed by atoms with Crippen LogP contribution in [0.1, 0.15) is 43.0 Å². The summed E-state index contributed by atoms with van der Waals surface area (Å²) in [6, 6.07) is 5.53. The summed E-state index contributed by atoms with van der Waals surface area (Å²) in [5.41, 5.74) is 7.98. The van der Waals surface area contributed by atoms with Gasteiger partial charge >= 0.3 is 6.18 Å². The van der Waals surface area contributed by atoms with Crippen LogP contribution in [0.15, 0.2) is 18.2 Å². The monoisotopic (exact) mass is 297 g/mol. The van der Waals surface area contributed by atoms with E-state index in [1.165, 1.54) is 0 Å². The number of nitrogens with zero attached hydrogens (tertiary/aromatic N) is 1. The number of nitrogens with one attached hydrogen (secondary N) is 1. The molecule has 0 aliphatic heterocycles. The lowest BCUT2D eigenvalue weighted by atomic mass is 9.78. The maximum absolute atomic E-state index is 13.2. The molecular weight excluding hydrogens is 279 g/mol. The van der Waals surface area contributed by atoms with Crippen LogP contribution >= 0.6 is 0 Å². The number of aromatic nitrogens is 2. The number of para-hydroxylation sites is 1. The van der Waals surface area contributed by atoms with Gasteiger partial charge in [0, 0.05) is 12.5 Å². The Morgan fingerprint density at radius 3 is 2.71 bits per heavy atom. The first-order valence-corrected chi connectivity index (χ1v) is 7.25. The summed E-state index contributed by atoms with van der Waals surface area (Å²) in [5.74, 6) is -1.42. The van der Waals surface area contributed by atoms with Crippen molar-refractivity contribution >= 4 is 11.0 Å². The predicted octanol–water partition coefficient (Wildman–Crippen LogP) is 3.86. The van der Waals surface area contributed by atoms with Crippen molar-refractivity contribution in [1.29, 1.82) is 0 Å². The highest BCUT2D eigenvalue weighted by Gasteiger charge is 2.46. The molecule has 1 fully saturated rings. The van der Waals surface area contributed by atoms with Gasteiger partial charge in [0.25, 0.3) is 0 Å². The second-order valence-electron chi connectivity index (χ2n) is 5.68. The lowest BCUT2D eigenvalue weighted by Gasteiger charge is -2.31. The van der Waals surface area contributed by atoms with Gasteiger partial charge in [-0.1, -0.05) is 25.0 Å². The molecular formula is C15H18F3N3. The third-order valence-corrected chi connectivity index (χ3v) is 4.37. The van der Waals surface area contributed by atoms with E-state index in [9.17, 15) is 13.2 Å². The first-order valence-electron chi connectivity index (χ1n) is 7.25. The van der Waals surface area contributed by atoms with E-state index in [2.05, 4.69) is 9.97 Å². The second kappa shape index (κ2) is 5.33. The van der Waals surface area contributed by atoms with Gasteiger partial charge in [0.2, 0.25) is 0 Å². The second-order valence-corrected chi connectivity index (χ2v) is 5.68. The van der Waals surface area contributed by atoms with Crippen molar-refractivity contribution in [2.45, 2.75) is 44.3 Å². The Balaban J connectivity index is 2.02. The van der Waals surface area contributed by atoms with E-state index < -0.39 is 18.0 Å². The van der Waals surface area contributed by atoms with Crippen LogP contribution in [0.5, 0.6) is 0 Å². The van der Waals surface area contributed by atoms with Crippen LogP contribution in [0.2, 0.25) is 0 Å². The van der Waals surface area contributed by atoms with Gasteiger partial charge in [-0.05, 0) is 24.5 Å². The number of alkyl halides is 3. The van der Waals surface area contributed by atoms with Crippen molar-refractivity contribution in [2.24, 2.45) is 11.7 Å². The summed E-state index contributed by atoms with van der Waals surface area (Å²) < 4.78 is 39.6. The topological polar surface area (TPSA) is 54.7 Å². The maximum Gasteiger partial charge on any atom is 0.392 e. The summed E-state index contributed by atoms with van der Waals surface area (Å²) in [7, 11) is 0. The van der Waals surface area contributed by atoms with Crippen molar-refractivity contribution in [3.05, 3.63) is 29.6 Å². The number of fused-ring (bicyclic) bond motifs is 1. The first kappa shape index (κ1) is 14.4. The van der Waals surface area contributed by atoms with Gasteiger partial charge in [-0.15, -0.1) is 0 Å². The Morgan fingerprint density at radius 1 is 1.24 bits per heavy atom. The molecule has 3 nitrogen and oxygen atoms in total. The minimum absolute atomic E-state index is 0.189. The SMILES string of the molecule is NCc1cccc2[nH]c(C3CCCCC3C(F)(F)F)nc12. The van der Waals surface area contributed by atoms with Gasteiger partial charge in [0.15, 0.2) is 0 Å². The molecule has 2 aromatic rings. The van der Waals surface area contributed by atoms with Gasteiger partial charge < -0.3 is 10.7 Å². The van der Waals surface area contributed by atoms with E-state index in [0.717, 1.165) is 17.5 Å². The van der Waals surface area contributed by atoms with Gasteiger partial charge in [-0.2, -0.15) is 13.2 Å². The molecule has 1 saturated carbocycles. The Kier molecular flexibility index (Phi) is 3.65. The fraction of sp³-hybridized carbons (Fsp3) is 0.533. The summed E-state index contributed by atoms with van der Waals surface area (Å²) in [5, 5.41) is 0. The molecule has 21 heavy (non-hydrogen) atoms. The summed E-state index contributed by atoms with van der Waals surface area (Å²) in [6.45, 7) is 0.328. The molecule has 0 saturated heterocycles. The first-order chi connectivity index (χ1) is 10.0. The molecule has 2 atom stereocenters. The summed E-state index contributed by atoms with van der Waals surface area (Å²) in [6.07, 6.45) is -2.00. The van der Waals surface area contributed by atoms with E-state index in [1.807, 2.05) is 18.2 Å². The zero-order valence-corrected chi connectivity index (χ0v) is 11.6. The zero-order chi connectivity index (χ0) is 15.0. The third-order valence-electron chi connectivity index (χ3n) is 4.37. The number of hydrogen-bond donors (Lipinski definition) is 2. The van der Waals surface area contributed by atoms with Crippen molar-refractivity contribution in [2.75, 3.05) is 0 Å². The minimum atomic E-state index is -4.17. The maximum atomic E-state index is 13.2. The number of rotatable bonds is 2. The molecule has 1 aliphatic carbocycles. The number of hydrogen-bond acceptors (Lipinski definition) is 2. The standard InChI is InChI=1S/C15H18F3N3/c16-15(17,18)11-6-2-1-5-10(11)14-20-12-7-3-4-9(8-19)13(12)21-14/h3-4,7,10-11H,1-2,5-6,8,19H2,(H,20,21). The Labute approximate surface area is 120 Å². The Morgan fingerprint density at radius 2 is 2.00 bits per heavy atom. The molecule has 0 radical (unpaired) electrons. The summed E-state index contributed by atoms with van der Waals surface area (Å²) in [4.78, 5) is 7.51. The predicted molar refractivity (Wildman–Crippen MR) is 74.7 cm³/mol. The molecule has 6 heteroatoms. The average molecular weight is 297 g/mol. The lowest BCUT2D eigenvalue weighted by Crippen LogP contribution is -2.32. The highest BCUT2D eigenvalue weighted by Crippen LogP contribution is 2.45.